The summed E-state index contributed by atoms with van der Waals surface area (Å²) in [7, 11) is 0. The number of carbonyl (C=O) groups excluding carboxylic acids is 1. The maximum absolute atomic E-state index is 11.4. The Morgan fingerprint density at radius 1 is 1.00 bits per heavy atom. The highest BCUT2D eigenvalue weighted by Gasteiger charge is 2.41. The van der Waals surface area contributed by atoms with Crippen molar-refractivity contribution in [3.05, 3.63) is 11.8 Å². The number of ketones is 1. The van der Waals surface area contributed by atoms with Gasteiger partial charge in [0.2, 0.25) is 5.76 Å². The summed E-state index contributed by atoms with van der Waals surface area (Å²) in [5.74, 6) is -5.34. The molecule has 0 aromatic rings. The minimum absolute atomic E-state index is 0.917. The van der Waals surface area contributed by atoms with Gasteiger partial charge in [-0.2, -0.15) is 26.3 Å². The van der Waals surface area contributed by atoms with Gasteiger partial charge in [-0.05, 0) is 0 Å². The molecule has 0 aromatic heterocycles. The molecule has 0 saturated carbocycles. The van der Waals surface area contributed by atoms with E-state index in [1.165, 1.54) is 0 Å². The molecule has 1 N–H and O–H groups in total. The number of hydrogen-bond donors (Lipinski definition) is 1. The quantitative estimate of drug-likeness (QED) is 0.407. The number of carbonyl (C=O) groups is 1. The Morgan fingerprint density at radius 2 is 1.38 bits per heavy atom. The van der Waals surface area contributed by atoms with Crippen LogP contribution in [0.25, 0.3) is 0 Å². The topological polar surface area (TPSA) is 37.3 Å². The van der Waals surface area contributed by atoms with E-state index in [-0.39, 0.29) is 0 Å². The third-order valence-electron chi connectivity index (χ3n) is 0.838. The van der Waals surface area contributed by atoms with Gasteiger partial charge >= 0.3 is 12.4 Å². The number of allylic oxidation sites excluding steroid dienone is 2. The van der Waals surface area contributed by atoms with E-state index < -0.39 is 30.0 Å². The van der Waals surface area contributed by atoms with Crippen LogP contribution in [0.2, 0.25) is 0 Å². The molecule has 0 unspecified atom stereocenters. The first-order valence-corrected chi connectivity index (χ1v) is 2.64. The first kappa shape index (κ1) is 11.8. The predicted molar refractivity (Wildman–Crippen MR) is 27.8 cm³/mol. The van der Waals surface area contributed by atoms with E-state index in [9.17, 15) is 31.1 Å². The summed E-state index contributed by atoms with van der Waals surface area (Å²) < 4.78 is 68.1. The molecule has 0 saturated heterocycles. The third kappa shape index (κ3) is 3.81. The monoisotopic (exact) mass is 208 g/mol. The third-order valence-corrected chi connectivity index (χ3v) is 0.838. The van der Waals surface area contributed by atoms with Gasteiger partial charge in [0.15, 0.2) is 0 Å². The van der Waals surface area contributed by atoms with Gasteiger partial charge in [0.25, 0.3) is 5.78 Å². The number of hydrogen-bond acceptors (Lipinski definition) is 2. The molecule has 8 heteroatoms. The molecule has 0 atom stereocenters. The minimum atomic E-state index is -5.42. The van der Waals surface area contributed by atoms with Crippen molar-refractivity contribution in [2.75, 3.05) is 0 Å². The van der Waals surface area contributed by atoms with Crippen molar-refractivity contribution in [1.29, 1.82) is 0 Å². The van der Waals surface area contributed by atoms with Crippen LogP contribution in [0.3, 0.4) is 0 Å². The summed E-state index contributed by atoms with van der Waals surface area (Å²) in [6.45, 7) is 0. The second kappa shape index (κ2) is 3.27. The molecule has 13 heavy (non-hydrogen) atoms. The summed E-state index contributed by atoms with van der Waals surface area (Å²) in [6, 6.07) is 0. The Labute approximate surface area is 67.5 Å². The van der Waals surface area contributed by atoms with Crippen molar-refractivity contribution in [1.82, 2.24) is 0 Å². The lowest BCUT2D eigenvalue weighted by molar-refractivity contribution is -0.166. The van der Waals surface area contributed by atoms with Gasteiger partial charge in [0, 0.05) is 6.08 Å². The second-order valence-electron chi connectivity index (χ2n) is 1.89. The second-order valence-corrected chi connectivity index (χ2v) is 1.89. The molecule has 0 aliphatic heterocycles. The molecule has 2 nitrogen and oxygen atoms in total. The zero-order chi connectivity index (χ0) is 10.9. The Hall–Kier alpha value is -1.21. The molecule has 0 rings (SSSR count). The summed E-state index contributed by atoms with van der Waals surface area (Å²) in [4.78, 5) is 9.86. The van der Waals surface area contributed by atoms with E-state index in [1.807, 2.05) is 0 Å². The summed E-state index contributed by atoms with van der Waals surface area (Å²) in [5.41, 5.74) is 0. The Balaban J connectivity index is 4.70. The highest BCUT2D eigenvalue weighted by atomic mass is 19.4. The highest BCUT2D eigenvalue weighted by Crippen LogP contribution is 2.25. The molecule has 0 aromatic carbocycles. The van der Waals surface area contributed by atoms with Crippen molar-refractivity contribution in [2.45, 2.75) is 12.4 Å². The van der Waals surface area contributed by atoms with Gasteiger partial charge in [0.1, 0.15) is 0 Å². The molecule has 0 aliphatic rings. The molecule has 0 bridgehead atoms. The van der Waals surface area contributed by atoms with Gasteiger partial charge in [-0.3, -0.25) is 4.79 Å². The summed E-state index contributed by atoms with van der Waals surface area (Å²) in [6.07, 6.45) is -11.7. The fraction of sp³-hybridized carbons (Fsp3) is 0.400. The fourth-order valence-electron chi connectivity index (χ4n) is 0.288. The van der Waals surface area contributed by atoms with Crippen LogP contribution in [0.4, 0.5) is 26.3 Å². The van der Waals surface area contributed by atoms with Crippen LogP contribution in [0.5, 0.6) is 0 Å². The van der Waals surface area contributed by atoms with Crippen molar-refractivity contribution in [3.63, 3.8) is 0 Å². The van der Waals surface area contributed by atoms with Gasteiger partial charge in [0.05, 0.1) is 0 Å². The van der Waals surface area contributed by atoms with Crippen LogP contribution in [-0.4, -0.2) is 23.2 Å². The van der Waals surface area contributed by atoms with Crippen LogP contribution < -0.4 is 0 Å². The van der Waals surface area contributed by atoms with E-state index >= 15 is 0 Å². The summed E-state index contributed by atoms with van der Waals surface area (Å²) >= 11 is 0. The lowest BCUT2D eigenvalue weighted by Gasteiger charge is -2.05. The molecule has 76 valence electrons. The Morgan fingerprint density at radius 3 is 1.62 bits per heavy atom. The standard InChI is InChI=1S/C5H2F6O2/c6-4(7,8)2(12)1-3(13)5(9,10)11/h1,12H. The van der Waals surface area contributed by atoms with Gasteiger partial charge < -0.3 is 5.11 Å². The number of rotatable bonds is 1. The van der Waals surface area contributed by atoms with Crippen LogP contribution in [0.1, 0.15) is 0 Å². The number of halogens is 6. The molecule has 0 aliphatic carbocycles. The van der Waals surface area contributed by atoms with Crippen molar-refractivity contribution < 1.29 is 36.2 Å². The first-order chi connectivity index (χ1) is 5.55. The molecular weight excluding hydrogens is 206 g/mol. The van der Waals surface area contributed by atoms with Crippen LogP contribution in [-0.2, 0) is 4.79 Å². The van der Waals surface area contributed by atoms with Gasteiger partial charge in [-0.25, -0.2) is 0 Å². The summed E-state index contributed by atoms with van der Waals surface area (Å²) in [5, 5.41) is 7.93. The molecule has 0 radical (unpaired) electrons. The van der Waals surface area contributed by atoms with Gasteiger partial charge in [-0.1, -0.05) is 0 Å². The average Bonchev–Trinajstić information content (AvgIpc) is 1.82. The molecule has 0 fully saturated rings. The zero-order valence-corrected chi connectivity index (χ0v) is 5.70. The smallest absolute Gasteiger partial charge is 0.454 e. The molecule has 0 amide bonds. The number of alkyl halides is 6. The van der Waals surface area contributed by atoms with E-state index in [1.54, 1.807) is 0 Å². The number of aliphatic hydroxyl groups excluding tert-OH is 1. The van der Waals surface area contributed by atoms with E-state index in [2.05, 4.69) is 0 Å². The zero-order valence-electron chi connectivity index (χ0n) is 5.70. The normalized spacial score (nSPS) is 14.5. The average molecular weight is 208 g/mol. The van der Waals surface area contributed by atoms with E-state index in [0.717, 1.165) is 0 Å². The molecular formula is C5H2F6O2. The Kier molecular flexibility index (Phi) is 2.96. The number of aliphatic hydroxyl groups is 1. The lowest BCUT2D eigenvalue weighted by Crippen LogP contribution is -2.23. The van der Waals surface area contributed by atoms with Crippen LogP contribution >= 0.6 is 0 Å². The van der Waals surface area contributed by atoms with Crippen LogP contribution in [0.15, 0.2) is 11.8 Å². The van der Waals surface area contributed by atoms with E-state index in [0.29, 0.717) is 0 Å². The van der Waals surface area contributed by atoms with Crippen molar-refractivity contribution in [2.24, 2.45) is 0 Å². The first-order valence-electron chi connectivity index (χ1n) is 2.64. The van der Waals surface area contributed by atoms with Crippen molar-refractivity contribution >= 4 is 5.78 Å². The lowest BCUT2D eigenvalue weighted by atomic mass is 10.3. The maximum atomic E-state index is 11.4. The fourth-order valence-corrected chi connectivity index (χ4v) is 0.288. The Bertz CT molecular complexity index is 234. The van der Waals surface area contributed by atoms with Crippen molar-refractivity contribution in [3.8, 4) is 0 Å². The van der Waals surface area contributed by atoms with E-state index in [4.69, 9.17) is 5.11 Å². The van der Waals surface area contributed by atoms with Crippen LogP contribution in [0, 0.1) is 0 Å². The minimum Gasteiger partial charge on any atom is -0.504 e. The molecule has 0 spiro atoms. The predicted octanol–water partition coefficient (Wildman–Crippen LogP) is 2.12. The highest BCUT2D eigenvalue weighted by molar-refractivity contribution is 5.94. The SMILES string of the molecule is O=C(C=C(O)C(F)(F)F)C(F)(F)F. The molecule has 0 heterocycles. The maximum Gasteiger partial charge on any atom is 0.454 e. The largest absolute Gasteiger partial charge is 0.504 e. The van der Waals surface area contributed by atoms with Gasteiger partial charge in [-0.15, -0.1) is 0 Å².